The first-order chi connectivity index (χ1) is 13.7. The predicted molar refractivity (Wildman–Crippen MR) is 121 cm³/mol. The number of carbonyl (C=O) groups excluding carboxylic acids is 1. The molecule has 1 saturated heterocycles. The van der Waals surface area contributed by atoms with Gasteiger partial charge in [0.1, 0.15) is 0 Å². The second kappa shape index (κ2) is 9.13. The summed E-state index contributed by atoms with van der Waals surface area (Å²) in [5.41, 5.74) is 5.31. The van der Waals surface area contributed by atoms with Crippen LogP contribution in [0.3, 0.4) is 0 Å². The molecule has 0 radical (unpaired) electrons. The van der Waals surface area contributed by atoms with Crippen LogP contribution in [0.4, 0.5) is 0 Å². The smallest absolute Gasteiger partial charge is 0.223 e. The molecule has 1 fully saturated rings. The normalized spacial score (nSPS) is 17.1. The van der Waals surface area contributed by atoms with Gasteiger partial charge in [0, 0.05) is 12.5 Å². The molecule has 1 N–H and O–H groups in total. The molecule has 0 unspecified atom stereocenters. The Balaban J connectivity index is 1.49. The lowest BCUT2D eigenvalue weighted by molar-refractivity contribution is -0.127. The molecule has 1 atom stereocenters. The van der Waals surface area contributed by atoms with Crippen molar-refractivity contribution in [2.24, 2.45) is 5.92 Å². The number of nitrogens with one attached hydrogen (secondary N) is 1. The molecule has 2 aromatic rings. The van der Waals surface area contributed by atoms with Gasteiger partial charge < -0.3 is 5.32 Å². The first-order valence-electron chi connectivity index (χ1n) is 10.9. The van der Waals surface area contributed by atoms with E-state index in [2.05, 4.69) is 93.4 Å². The predicted octanol–water partition coefficient (Wildman–Crippen LogP) is 5.38. The lowest BCUT2D eigenvalue weighted by atomic mass is 9.86. The largest absolute Gasteiger partial charge is 0.349 e. The fraction of sp³-hybridized carbons (Fsp3) is 0.500. The Bertz CT molecular complexity index is 811. The summed E-state index contributed by atoms with van der Waals surface area (Å²) in [5, 5.41) is 3.24. The molecule has 3 nitrogen and oxygen atoms in total. The Morgan fingerprint density at radius 2 is 1.76 bits per heavy atom. The molecule has 156 valence electrons. The summed E-state index contributed by atoms with van der Waals surface area (Å²) in [7, 11) is 0. The Kier molecular flexibility index (Phi) is 6.79. The molecule has 3 rings (SSSR count). The van der Waals surface area contributed by atoms with Crippen molar-refractivity contribution in [1.82, 2.24) is 10.2 Å². The van der Waals surface area contributed by atoms with Crippen LogP contribution in [0.25, 0.3) is 0 Å². The van der Waals surface area contributed by atoms with Crippen molar-refractivity contribution >= 4 is 5.91 Å². The molecule has 29 heavy (non-hydrogen) atoms. The maximum atomic E-state index is 12.8. The second-order valence-corrected chi connectivity index (χ2v) is 9.64. The maximum absolute atomic E-state index is 12.8. The zero-order valence-corrected chi connectivity index (χ0v) is 18.7. The van der Waals surface area contributed by atoms with Gasteiger partial charge in [-0.15, -0.1) is 0 Å². The van der Waals surface area contributed by atoms with Gasteiger partial charge in [-0.05, 0) is 61.9 Å². The van der Waals surface area contributed by atoms with Gasteiger partial charge in [-0.1, -0.05) is 74.9 Å². The number of amides is 1. The average molecular weight is 393 g/mol. The van der Waals surface area contributed by atoms with Gasteiger partial charge >= 0.3 is 0 Å². The zero-order valence-electron chi connectivity index (χ0n) is 18.7. The molecule has 1 aliphatic rings. The topological polar surface area (TPSA) is 32.3 Å². The standard InChI is InChI=1S/C26H36N2O/c1-19-7-6-8-21(17-19)18-28-15-13-23(14-16-28)25(29)27-20(2)22-9-11-24(12-10-22)26(3,4)5/h6-12,17,20,23H,13-16,18H2,1-5H3,(H,27,29)/t20-/m1/s1. The number of hydrogen-bond acceptors (Lipinski definition) is 2. The Labute approximate surface area is 176 Å². The third-order valence-corrected chi connectivity index (χ3v) is 6.08. The zero-order chi connectivity index (χ0) is 21.0. The lowest BCUT2D eigenvalue weighted by Crippen LogP contribution is -2.40. The highest BCUT2D eigenvalue weighted by Crippen LogP contribution is 2.25. The fourth-order valence-electron chi connectivity index (χ4n) is 4.11. The summed E-state index contributed by atoms with van der Waals surface area (Å²) < 4.78 is 0. The van der Waals surface area contributed by atoms with E-state index >= 15 is 0 Å². The highest BCUT2D eigenvalue weighted by molar-refractivity contribution is 5.79. The van der Waals surface area contributed by atoms with Crippen molar-refractivity contribution in [2.45, 2.75) is 65.5 Å². The van der Waals surface area contributed by atoms with E-state index in [1.165, 1.54) is 22.3 Å². The maximum Gasteiger partial charge on any atom is 0.223 e. The fourth-order valence-corrected chi connectivity index (χ4v) is 4.11. The molecular formula is C26H36N2O. The number of rotatable bonds is 5. The van der Waals surface area contributed by atoms with E-state index in [9.17, 15) is 4.79 Å². The molecule has 0 saturated carbocycles. The van der Waals surface area contributed by atoms with Crippen molar-refractivity contribution in [2.75, 3.05) is 13.1 Å². The molecule has 0 aliphatic carbocycles. The van der Waals surface area contributed by atoms with E-state index in [0.29, 0.717) is 0 Å². The summed E-state index contributed by atoms with van der Waals surface area (Å²) in [6, 6.07) is 17.4. The van der Waals surface area contributed by atoms with Gasteiger partial charge in [0.25, 0.3) is 0 Å². The highest BCUT2D eigenvalue weighted by atomic mass is 16.1. The molecule has 0 spiro atoms. The summed E-state index contributed by atoms with van der Waals surface area (Å²) in [5.74, 6) is 0.327. The number of piperidine rings is 1. The quantitative estimate of drug-likeness (QED) is 0.741. The van der Waals surface area contributed by atoms with Crippen LogP contribution in [-0.2, 0) is 16.8 Å². The number of aryl methyl sites for hydroxylation is 1. The first kappa shape index (κ1) is 21.6. The molecule has 3 heteroatoms. The summed E-state index contributed by atoms with van der Waals surface area (Å²) in [6.45, 7) is 13.8. The van der Waals surface area contributed by atoms with E-state index in [0.717, 1.165) is 32.5 Å². The van der Waals surface area contributed by atoms with Crippen molar-refractivity contribution in [3.8, 4) is 0 Å². The van der Waals surface area contributed by atoms with Gasteiger partial charge in [0.2, 0.25) is 5.91 Å². The van der Waals surface area contributed by atoms with E-state index < -0.39 is 0 Å². The third-order valence-electron chi connectivity index (χ3n) is 6.08. The summed E-state index contributed by atoms with van der Waals surface area (Å²) in [4.78, 5) is 15.3. The van der Waals surface area contributed by atoms with Gasteiger partial charge in [-0.2, -0.15) is 0 Å². The lowest BCUT2D eigenvalue weighted by Gasteiger charge is -2.32. The number of likely N-dealkylation sites (tertiary alicyclic amines) is 1. The summed E-state index contributed by atoms with van der Waals surface area (Å²) >= 11 is 0. The van der Waals surface area contributed by atoms with E-state index in [-0.39, 0.29) is 23.3 Å². The van der Waals surface area contributed by atoms with Crippen molar-refractivity contribution in [1.29, 1.82) is 0 Å². The minimum atomic E-state index is 0.0434. The number of carbonyl (C=O) groups is 1. The highest BCUT2D eigenvalue weighted by Gasteiger charge is 2.26. The number of hydrogen-bond donors (Lipinski definition) is 1. The Hall–Kier alpha value is -2.13. The van der Waals surface area contributed by atoms with E-state index in [4.69, 9.17) is 0 Å². The SMILES string of the molecule is Cc1cccc(CN2CCC(C(=O)N[C@H](C)c3ccc(C(C)(C)C)cc3)CC2)c1. The molecule has 1 heterocycles. The monoisotopic (exact) mass is 392 g/mol. The molecule has 1 aliphatic heterocycles. The molecule has 0 bridgehead atoms. The van der Waals surface area contributed by atoms with Crippen LogP contribution < -0.4 is 5.32 Å². The van der Waals surface area contributed by atoms with Crippen LogP contribution >= 0.6 is 0 Å². The first-order valence-corrected chi connectivity index (χ1v) is 10.9. The van der Waals surface area contributed by atoms with E-state index in [1.54, 1.807) is 0 Å². The second-order valence-electron chi connectivity index (χ2n) is 9.64. The van der Waals surface area contributed by atoms with Crippen molar-refractivity contribution < 1.29 is 4.79 Å². The van der Waals surface area contributed by atoms with Crippen molar-refractivity contribution in [3.05, 3.63) is 70.8 Å². The van der Waals surface area contributed by atoms with Gasteiger partial charge in [0.05, 0.1) is 6.04 Å². The molecule has 1 amide bonds. The summed E-state index contributed by atoms with van der Waals surface area (Å²) in [6.07, 6.45) is 1.88. The molecular weight excluding hydrogens is 356 g/mol. The molecule has 2 aromatic carbocycles. The minimum absolute atomic E-state index is 0.0434. The molecule has 0 aromatic heterocycles. The van der Waals surface area contributed by atoms with Gasteiger partial charge in [0.15, 0.2) is 0 Å². The third kappa shape index (κ3) is 5.93. The van der Waals surface area contributed by atoms with Crippen LogP contribution in [0.15, 0.2) is 48.5 Å². The van der Waals surface area contributed by atoms with Crippen LogP contribution in [0.2, 0.25) is 0 Å². The Morgan fingerprint density at radius 1 is 1.10 bits per heavy atom. The number of benzene rings is 2. The van der Waals surface area contributed by atoms with Gasteiger partial charge in [-0.3, -0.25) is 9.69 Å². The van der Waals surface area contributed by atoms with Crippen LogP contribution in [0, 0.1) is 12.8 Å². The van der Waals surface area contributed by atoms with Crippen LogP contribution in [-0.4, -0.2) is 23.9 Å². The number of nitrogens with zero attached hydrogens (tertiary/aromatic N) is 1. The van der Waals surface area contributed by atoms with Crippen LogP contribution in [0.1, 0.15) is 68.8 Å². The van der Waals surface area contributed by atoms with E-state index in [1.807, 2.05) is 0 Å². The Morgan fingerprint density at radius 3 is 2.34 bits per heavy atom. The minimum Gasteiger partial charge on any atom is -0.349 e. The van der Waals surface area contributed by atoms with Gasteiger partial charge in [-0.25, -0.2) is 0 Å². The average Bonchev–Trinajstić information content (AvgIpc) is 2.68. The van der Waals surface area contributed by atoms with Crippen LogP contribution in [0.5, 0.6) is 0 Å². The van der Waals surface area contributed by atoms with Crippen molar-refractivity contribution in [3.63, 3.8) is 0 Å².